The Morgan fingerprint density at radius 1 is 1.33 bits per heavy atom. The second-order valence-corrected chi connectivity index (χ2v) is 5.57. The van der Waals surface area contributed by atoms with E-state index < -0.39 is 11.9 Å². The molecule has 1 saturated carbocycles. The van der Waals surface area contributed by atoms with Crippen molar-refractivity contribution in [2.45, 2.75) is 44.8 Å². The van der Waals surface area contributed by atoms with Crippen LogP contribution < -0.4 is 5.73 Å². The summed E-state index contributed by atoms with van der Waals surface area (Å²) in [6, 6.07) is -0.461. The molecule has 2 aliphatic rings. The number of nitrogens with two attached hydrogens (primary N) is 1. The van der Waals surface area contributed by atoms with Crippen LogP contribution in [0.25, 0.3) is 0 Å². The molecule has 3 atom stereocenters. The number of nitrogens with zero attached hydrogens (tertiary/aromatic N) is 1. The van der Waals surface area contributed by atoms with E-state index in [0.29, 0.717) is 24.8 Å². The number of likely N-dealkylation sites (tertiary alicyclic amines) is 1. The predicted octanol–water partition coefficient (Wildman–Crippen LogP) is 0.524. The summed E-state index contributed by atoms with van der Waals surface area (Å²) in [5, 5.41) is 0. The maximum Gasteiger partial charge on any atom is 0.252 e. The van der Waals surface area contributed by atoms with Crippen LogP contribution in [0.1, 0.15) is 32.6 Å². The number of ether oxygens (including phenoxy) is 1. The van der Waals surface area contributed by atoms with Gasteiger partial charge in [-0.3, -0.25) is 9.59 Å². The van der Waals surface area contributed by atoms with Gasteiger partial charge >= 0.3 is 0 Å². The lowest BCUT2D eigenvalue weighted by molar-refractivity contribution is -0.151. The molecule has 0 aromatic heterocycles. The second kappa shape index (κ2) is 5.26. The van der Waals surface area contributed by atoms with Crippen LogP contribution in [0.4, 0.5) is 0 Å². The lowest BCUT2D eigenvalue weighted by Gasteiger charge is -2.38. The summed E-state index contributed by atoms with van der Waals surface area (Å²) in [7, 11) is 1.56. The van der Waals surface area contributed by atoms with Crippen molar-refractivity contribution in [3.05, 3.63) is 0 Å². The molecule has 102 valence electrons. The molecule has 0 spiro atoms. The third-order valence-electron chi connectivity index (χ3n) is 4.02. The molecule has 0 radical (unpaired) electrons. The van der Waals surface area contributed by atoms with Crippen LogP contribution in [0, 0.1) is 11.8 Å². The fraction of sp³-hybridized carbons (Fsp3) is 0.846. The van der Waals surface area contributed by atoms with Crippen molar-refractivity contribution >= 4 is 11.8 Å². The van der Waals surface area contributed by atoms with Gasteiger partial charge in [-0.15, -0.1) is 0 Å². The van der Waals surface area contributed by atoms with E-state index in [4.69, 9.17) is 10.5 Å². The highest BCUT2D eigenvalue weighted by atomic mass is 16.5. The van der Waals surface area contributed by atoms with Crippen molar-refractivity contribution in [1.82, 2.24) is 4.90 Å². The van der Waals surface area contributed by atoms with E-state index in [0.717, 1.165) is 19.3 Å². The summed E-state index contributed by atoms with van der Waals surface area (Å²) >= 11 is 0. The number of carbonyl (C=O) groups is 2. The molecule has 5 nitrogen and oxygen atoms in total. The minimum atomic E-state index is -0.461. The van der Waals surface area contributed by atoms with Crippen molar-refractivity contribution < 1.29 is 14.3 Å². The van der Waals surface area contributed by atoms with Gasteiger partial charge in [-0.05, 0) is 37.5 Å². The Hall–Kier alpha value is -1.10. The predicted molar refractivity (Wildman–Crippen MR) is 66.6 cm³/mol. The molecule has 0 bridgehead atoms. The summed E-state index contributed by atoms with van der Waals surface area (Å²) in [6.45, 7) is 2.70. The number of primary amides is 1. The van der Waals surface area contributed by atoms with Gasteiger partial charge in [-0.2, -0.15) is 0 Å². The fourth-order valence-electron chi connectivity index (χ4n) is 2.73. The first kappa shape index (κ1) is 13.3. The zero-order valence-electron chi connectivity index (χ0n) is 11.1. The minimum absolute atomic E-state index is 0.0595. The minimum Gasteiger partial charge on any atom is -0.371 e. The van der Waals surface area contributed by atoms with Gasteiger partial charge in [0.05, 0.1) is 0 Å². The van der Waals surface area contributed by atoms with E-state index in [1.807, 2.05) is 0 Å². The van der Waals surface area contributed by atoms with Crippen molar-refractivity contribution in [2.24, 2.45) is 17.6 Å². The van der Waals surface area contributed by atoms with E-state index in [1.165, 1.54) is 0 Å². The van der Waals surface area contributed by atoms with Gasteiger partial charge in [-0.25, -0.2) is 0 Å². The molecule has 2 N–H and O–H groups in total. The van der Waals surface area contributed by atoms with Crippen LogP contribution >= 0.6 is 0 Å². The molecule has 1 aliphatic heterocycles. The number of carbonyl (C=O) groups excluding carboxylic acids is 2. The first-order valence-corrected chi connectivity index (χ1v) is 6.67. The van der Waals surface area contributed by atoms with Gasteiger partial charge < -0.3 is 15.4 Å². The average Bonchev–Trinajstić information content (AvgIpc) is 3.14. The van der Waals surface area contributed by atoms with Gasteiger partial charge in [0.25, 0.3) is 5.91 Å². The van der Waals surface area contributed by atoms with Crippen LogP contribution in [-0.4, -0.2) is 42.5 Å². The summed E-state index contributed by atoms with van der Waals surface area (Å²) in [5.41, 5.74) is 5.42. The standard InChI is InChI=1S/C13H22N2O3/c1-8-5-6-15(10(7-8)12(14)16)13(17)11(18-2)9-3-4-9/h8-11H,3-7H2,1-2H3,(H2,14,16). The van der Waals surface area contributed by atoms with Crippen molar-refractivity contribution in [3.8, 4) is 0 Å². The third kappa shape index (κ3) is 2.66. The maximum absolute atomic E-state index is 12.4. The maximum atomic E-state index is 12.4. The molecule has 18 heavy (non-hydrogen) atoms. The molecule has 1 aliphatic carbocycles. The van der Waals surface area contributed by atoms with Crippen molar-refractivity contribution in [3.63, 3.8) is 0 Å². The molecule has 1 heterocycles. The van der Waals surface area contributed by atoms with Crippen LogP contribution in [0.3, 0.4) is 0 Å². The normalized spacial score (nSPS) is 30.0. The van der Waals surface area contributed by atoms with E-state index >= 15 is 0 Å². The zero-order chi connectivity index (χ0) is 13.3. The summed E-state index contributed by atoms with van der Waals surface area (Å²) in [5.74, 6) is 0.306. The quantitative estimate of drug-likeness (QED) is 0.795. The highest BCUT2D eigenvalue weighted by molar-refractivity contribution is 5.89. The molecule has 2 rings (SSSR count). The largest absolute Gasteiger partial charge is 0.371 e. The number of rotatable bonds is 4. The Bertz CT molecular complexity index is 341. The number of hydrogen-bond acceptors (Lipinski definition) is 3. The summed E-state index contributed by atoms with van der Waals surface area (Å²) < 4.78 is 5.30. The van der Waals surface area contributed by atoms with Gasteiger partial charge in [-0.1, -0.05) is 6.92 Å². The lowest BCUT2D eigenvalue weighted by Crippen LogP contribution is -2.55. The van der Waals surface area contributed by atoms with Crippen molar-refractivity contribution in [2.75, 3.05) is 13.7 Å². The zero-order valence-corrected chi connectivity index (χ0v) is 11.1. The molecular weight excluding hydrogens is 232 g/mol. The Morgan fingerprint density at radius 2 is 2.00 bits per heavy atom. The molecule has 2 fully saturated rings. The van der Waals surface area contributed by atoms with Crippen molar-refractivity contribution in [1.29, 1.82) is 0 Å². The monoisotopic (exact) mass is 254 g/mol. The number of amides is 2. The van der Waals surface area contributed by atoms with Crippen LogP contribution in [-0.2, 0) is 14.3 Å². The molecule has 2 amide bonds. The SMILES string of the molecule is COC(C(=O)N1CCC(C)CC1C(N)=O)C1CC1. The molecular formula is C13H22N2O3. The lowest BCUT2D eigenvalue weighted by atomic mass is 9.91. The first-order valence-electron chi connectivity index (χ1n) is 6.67. The van der Waals surface area contributed by atoms with E-state index in [1.54, 1.807) is 12.0 Å². The summed E-state index contributed by atoms with van der Waals surface area (Å²) in [6.07, 6.45) is 3.28. The molecule has 3 unspecified atom stereocenters. The van der Waals surface area contributed by atoms with E-state index in [9.17, 15) is 9.59 Å². The first-order chi connectivity index (χ1) is 8.54. The molecule has 1 saturated heterocycles. The number of piperidine rings is 1. The number of methoxy groups -OCH3 is 1. The van der Waals surface area contributed by atoms with Crippen LogP contribution in [0.2, 0.25) is 0 Å². The van der Waals surface area contributed by atoms with E-state index in [2.05, 4.69) is 6.92 Å². The van der Waals surface area contributed by atoms with Gasteiger partial charge in [0.15, 0.2) is 0 Å². The van der Waals surface area contributed by atoms with Crippen LogP contribution in [0.5, 0.6) is 0 Å². The Balaban J connectivity index is 2.08. The fourth-order valence-corrected chi connectivity index (χ4v) is 2.73. The molecule has 0 aromatic rings. The molecule has 5 heteroatoms. The van der Waals surface area contributed by atoms with Crippen LogP contribution in [0.15, 0.2) is 0 Å². The molecule has 0 aromatic carbocycles. The highest BCUT2D eigenvalue weighted by Crippen LogP contribution is 2.36. The van der Waals surface area contributed by atoms with Gasteiger partial charge in [0.2, 0.25) is 5.91 Å². The average molecular weight is 254 g/mol. The van der Waals surface area contributed by atoms with Gasteiger partial charge in [0, 0.05) is 13.7 Å². The van der Waals surface area contributed by atoms with E-state index in [-0.39, 0.29) is 12.0 Å². The smallest absolute Gasteiger partial charge is 0.252 e. The van der Waals surface area contributed by atoms with Gasteiger partial charge in [0.1, 0.15) is 12.1 Å². The second-order valence-electron chi connectivity index (χ2n) is 5.57. The number of hydrogen-bond donors (Lipinski definition) is 1. The topological polar surface area (TPSA) is 72.6 Å². The summed E-state index contributed by atoms with van der Waals surface area (Å²) in [4.78, 5) is 25.6. The Kier molecular flexibility index (Phi) is 3.90. The third-order valence-corrected chi connectivity index (χ3v) is 4.02. The Morgan fingerprint density at radius 3 is 2.50 bits per heavy atom. The Labute approximate surface area is 108 Å². The highest BCUT2D eigenvalue weighted by Gasteiger charge is 2.42.